The molecule has 196 valence electrons. The summed E-state index contributed by atoms with van der Waals surface area (Å²) in [5.41, 5.74) is 8.54. The number of hydrogen-bond donors (Lipinski definition) is 2. The number of para-hydroxylation sites is 1. The van der Waals surface area contributed by atoms with E-state index in [9.17, 15) is 9.59 Å². The molecule has 0 unspecified atom stereocenters. The number of anilines is 1. The Labute approximate surface area is 222 Å². The smallest absolute Gasteiger partial charge is 0.246 e. The lowest BCUT2D eigenvalue weighted by atomic mass is 10.1. The summed E-state index contributed by atoms with van der Waals surface area (Å²) in [6.07, 6.45) is 6.55. The van der Waals surface area contributed by atoms with Crippen LogP contribution < -0.4 is 10.5 Å². The lowest BCUT2D eigenvalue weighted by Crippen LogP contribution is -2.40. The van der Waals surface area contributed by atoms with E-state index in [2.05, 4.69) is 9.97 Å². The third-order valence-electron chi connectivity index (χ3n) is 6.56. The number of piperidine rings is 1. The minimum absolute atomic E-state index is 0.0454. The van der Waals surface area contributed by atoms with E-state index in [1.54, 1.807) is 12.2 Å². The fourth-order valence-electron chi connectivity index (χ4n) is 4.67. The predicted octanol–water partition coefficient (Wildman–Crippen LogP) is 4.78. The average Bonchev–Trinajstić information content (AvgIpc) is 3.30. The number of nitrogens with two attached hydrogens (primary N) is 1. The van der Waals surface area contributed by atoms with E-state index < -0.39 is 8.32 Å². The van der Waals surface area contributed by atoms with Gasteiger partial charge in [-0.05, 0) is 74.5 Å². The fraction of sp³-hybridized carbons (Fsp3) is 0.286. The van der Waals surface area contributed by atoms with Crippen molar-refractivity contribution >= 4 is 31.1 Å². The highest BCUT2D eigenvalue weighted by Crippen LogP contribution is 2.35. The summed E-state index contributed by atoms with van der Waals surface area (Å²) in [4.78, 5) is 33.5. The summed E-state index contributed by atoms with van der Waals surface area (Å²) in [5.74, 6) is 1.80. The van der Waals surface area contributed by atoms with Crippen LogP contribution >= 0.6 is 0 Å². The predicted molar refractivity (Wildman–Crippen MR) is 150 cm³/mol. The van der Waals surface area contributed by atoms with Gasteiger partial charge in [0, 0.05) is 18.7 Å². The van der Waals surface area contributed by atoms with Crippen molar-refractivity contribution in [1.29, 1.82) is 0 Å². The van der Waals surface area contributed by atoms with E-state index in [0.29, 0.717) is 41.7 Å². The first-order valence-electron chi connectivity index (χ1n) is 12.8. The Bertz CT molecular complexity index is 1450. The number of likely N-dealkylation sites (tertiary alicyclic amines) is 1. The molecule has 1 aliphatic rings. The van der Waals surface area contributed by atoms with Crippen molar-refractivity contribution in [3.05, 3.63) is 73.1 Å². The molecule has 1 amide bonds. The number of nitrogens with zero attached hydrogens (tertiary/aromatic N) is 5. The van der Waals surface area contributed by atoms with Crippen molar-refractivity contribution in [2.45, 2.75) is 38.0 Å². The second-order valence-electron chi connectivity index (χ2n) is 10.2. The SMILES string of the molecule is C[Si](C)(O)C/C=C/C(=O)N1CCC[C@H](n2nc(-c3ccc(Oc4ccccc4)cc3)c3c(N)ncnc32)C1. The van der Waals surface area contributed by atoms with Gasteiger partial charge in [0.1, 0.15) is 29.3 Å². The Kier molecular flexibility index (Phi) is 7.26. The van der Waals surface area contributed by atoms with Crippen LogP contribution in [0.5, 0.6) is 11.5 Å². The number of rotatable bonds is 7. The number of hydrogen-bond acceptors (Lipinski definition) is 7. The number of carbonyl (C=O) groups excluding carboxylic acids is 1. The summed E-state index contributed by atoms with van der Waals surface area (Å²) in [7, 11) is -2.23. The largest absolute Gasteiger partial charge is 0.457 e. The minimum atomic E-state index is -2.23. The van der Waals surface area contributed by atoms with Gasteiger partial charge in [-0.3, -0.25) is 4.79 Å². The van der Waals surface area contributed by atoms with E-state index in [0.717, 1.165) is 29.9 Å². The molecule has 3 heterocycles. The zero-order valence-electron chi connectivity index (χ0n) is 21.6. The third kappa shape index (κ3) is 5.76. The molecule has 1 aliphatic heterocycles. The van der Waals surface area contributed by atoms with Gasteiger partial charge >= 0.3 is 0 Å². The van der Waals surface area contributed by atoms with E-state index in [1.807, 2.05) is 77.3 Å². The van der Waals surface area contributed by atoms with Gasteiger partial charge in [-0.15, -0.1) is 0 Å². The van der Waals surface area contributed by atoms with E-state index in [4.69, 9.17) is 15.6 Å². The lowest BCUT2D eigenvalue weighted by molar-refractivity contribution is -0.127. The Hall–Kier alpha value is -4.02. The number of carbonyl (C=O) groups is 1. The summed E-state index contributed by atoms with van der Waals surface area (Å²) < 4.78 is 7.82. The van der Waals surface area contributed by atoms with Crippen LogP contribution in [0.3, 0.4) is 0 Å². The molecule has 2 aromatic heterocycles. The molecule has 0 aliphatic carbocycles. The Morgan fingerprint density at radius 3 is 2.61 bits per heavy atom. The first-order chi connectivity index (χ1) is 18.3. The van der Waals surface area contributed by atoms with Gasteiger partial charge in [-0.1, -0.05) is 24.3 Å². The maximum Gasteiger partial charge on any atom is 0.246 e. The molecule has 3 N–H and O–H groups in total. The van der Waals surface area contributed by atoms with Crippen LogP contribution in [0.4, 0.5) is 5.82 Å². The molecule has 1 fully saturated rings. The lowest BCUT2D eigenvalue weighted by Gasteiger charge is -2.32. The Morgan fingerprint density at radius 1 is 1.13 bits per heavy atom. The summed E-state index contributed by atoms with van der Waals surface area (Å²) >= 11 is 0. The number of nitrogen functional groups attached to an aromatic ring is 1. The highest BCUT2D eigenvalue weighted by atomic mass is 28.4. The Morgan fingerprint density at radius 2 is 1.87 bits per heavy atom. The first-order valence-corrected chi connectivity index (χ1v) is 15.9. The van der Waals surface area contributed by atoms with Crippen molar-refractivity contribution in [3.8, 4) is 22.8 Å². The van der Waals surface area contributed by atoms with Gasteiger partial charge in [0.2, 0.25) is 5.91 Å². The van der Waals surface area contributed by atoms with Crippen LogP contribution in [-0.4, -0.2) is 56.8 Å². The zero-order valence-corrected chi connectivity index (χ0v) is 22.6. The van der Waals surface area contributed by atoms with E-state index >= 15 is 0 Å². The molecule has 1 saturated heterocycles. The monoisotopic (exact) mass is 528 g/mol. The van der Waals surface area contributed by atoms with Gasteiger partial charge in [0.15, 0.2) is 14.0 Å². The van der Waals surface area contributed by atoms with Crippen LogP contribution in [0, 0.1) is 0 Å². The molecule has 38 heavy (non-hydrogen) atoms. The van der Waals surface area contributed by atoms with Crippen molar-refractivity contribution in [2.75, 3.05) is 18.8 Å². The van der Waals surface area contributed by atoms with E-state index in [-0.39, 0.29) is 11.9 Å². The molecule has 1 atom stereocenters. The maximum atomic E-state index is 12.9. The van der Waals surface area contributed by atoms with Crippen molar-refractivity contribution in [3.63, 3.8) is 0 Å². The third-order valence-corrected chi connectivity index (χ3v) is 7.79. The fourth-order valence-corrected chi connectivity index (χ4v) is 5.36. The highest BCUT2D eigenvalue weighted by molar-refractivity contribution is 6.70. The van der Waals surface area contributed by atoms with E-state index in [1.165, 1.54) is 6.33 Å². The van der Waals surface area contributed by atoms with Gasteiger partial charge in [-0.25, -0.2) is 14.6 Å². The van der Waals surface area contributed by atoms with Crippen LogP contribution in [0.1, 0.15) is 18.9 Å². The highest BCUT2D eigenvalue weighted by Gasteiger charge is 2.28. The van der Waals surface area contributed by atoms with Crippen LogP contribution in [0.25, 0.3) is 22.3 Å². The molecule has 4 aromatic rings. The molecule has 0 saturated carbocycles. The molecular formula is C28H32N6O3Si. The molecule has 0 bridgehead atoms. The quantitative estimate of drug-likeness (QED) is 0.262. The Balaban J connectivity index is 1.41. The van der Waals surface area contributed by atoms with Crippen LogP contribution in [0.2, 0.25) is 19.1 Å². The van der Waals surface area contributed by atoms with Gasteiger partial charge in [-0.2, -0.15) is 5.10 Å². The number of aromatic nitrogens is 4. The molecule has 2 aromatic carbocycles. The molecular weight excluding hydrogens is 496 g/mol. The number of fused-ring (bicyclic) bond motifs is 1. The minimum Gasteiger partial charge on any atom is -0.457 e. The van der Waals surface area contributed by atoms with Gasteiger partial charge in [0.05, 0.1) is 11.4 Å². The van der Waals surface area contributed by atoms with Crippen molar-refractivity contribution < 1.29 is 14.3 Å². The second kappa shape index (κ2) is 10.8. The van der Waals surface area contributed by atoms with Crippen LogP contribution in [-0.2, 0) is 4.79 Å². The second-order valence-corrected chi connectivity index (χ2v) is 14.2. The molecule has 0 spiro atoms. The average molecular weight is 529 g/mol. The standard InChI is InChI=1S/C28H32N6O3Si/c1-38(2,36)17-7-11-24(35)33-16-6-8-21(18-33)34-28-25(27(29)30-19-31-28)26(32-34)20-12-14-23(15-13-20)37-22-9-4-3-5-10-22/h3-5,7,9-15,19,21,36H,6,8,16-18H2,1-2H3,(H2,29,30,31)/b11-7+/t21-/m0/s1. The number of ether oxygens (including phenoxy) is 1. The number of benzene rings is 2. The van der Waals surface area contributed by atoms with Crippen LogP contribution in [0.15, 0.2) is 73.1 Å². The number of amides is 1. The van der Waals surface area contributed by atoms with Crippen molar-refractivity contribution in [2.24, 2.45) is 0 Å². The van der Waals surface area contributed by atoms with Crippen molar-refractivity contribution in [1.82, 2.24) is 24.6 Å². The normalized spacial score (nSPS) is 16.3. The summed E-state index contributed by atoms with van der Waals surface area (Å²) in [6, 6.07) is 17.8. The molecule has 5 rings (SSSR count). The zero-order chi connectivity index (χ0) is 26.7. The first kappa shape index (κ1) is 25.6. The maximum absolute atomic E-state index is 12.9. The number of allylic oxidation sites excluding steroid dienone is 1. The van der Waals surface area contributed by atoms with Gasteiger partial charge in [0.25, 0.3) is 0 Å². The molecule has 10 heteroatoms. The van der Waals surface area contributed by atoms with Gasteiger partial charge < -0.3 is 20.2 Å². The molecule has 9 nitrogen and oxygen atoms in total. The topological polar surface area (TPSA) is 119 Å². The molecule has 0 radical (unpaired) electrons. The summed E-state index contributed by atoms with van der Waals surface area (Å²) in [6.45, 7) is 4.92. The summed E-state index contributed by atoms with van der Waals surface area (Å²) in [5, 5.41) is 5.65.